The highest BCUT2D eigenvalue weighted by Gasteiger charge is 2.67. The Bertz CT molecular complexity index is 1180. The average molecular weight is 393 g/mol. The predicted molar refractivity (Wildman–Crippen MR) is 116 cm³/mol. The Hall–Kier alpha value is -3.20. The van der Waals surface area contributed by atoms with E-state index < -0.39 is 5.41 Å². The summed E-state index contributed by atoms with van der Waals surface area (Å²) in [5.41, 5.74) is 6.10. The first-order valence-electron chi connectivity index (χ1n) is 10.7. The summed E-state index contributed by atoms with van der Waals surface area (Å²) in [7, 11) is 0. The number of nitrogens with zero attached hydrogens (tertiary/aromatic N) is 1. The molecule has 1 heterocycles. The van der Waals surface area contributed by atoms with E-state index in [-0.39, 0.29) is 29.6 Å². The van der Waals surface area contributed by atoms with Crippen LogP contribution in [0.25, 0.3) is 0 Å². The van der Waals surface area contributed by atoms with Crippen molar-refractivity contribution in [3.63, 3.8) is 0 Å². The molecule has 0 N–H and O–H groups in total. The van der Waals surface area contributed by atoms with Crippen molar-refractivity contribution in [3.05, 3.63) is 101 Å². The molecule has 2 amide bonds. The normalized spacial score (nSPS) is 28.3. The van der Waals surface area contributed by atoms with Gasteiger partial charge < -0.3 is 0 Å². The lowest BCUT2D eigenvalue weighted by molar-refractivity contribution is -0.123. The molecule has 2 bridgehead atoms. The van der Waals surface area contributed by atoms with Gasteiger partial charge in [-0.3, -0.25) is 9.59 Å². The number of amides is 2. The molecule has 3 heteroatoms. The van der Waals surface area contributed by atoms with E-state index in [0.29, 0.717) is 0 Å². The van der Waals surface area contributed by atoms with Crippen molar-refractivity contribution in [1.29, 1.82) is 0 Å². The third-order valence-corrected chi connectivity index (χ3v) is 7.71. The molecule has 0 radical (unpaired) electrons. The van der Waals surface area contributed by atoms with Crippen LogP contribution in [0.4, 0.5) is 5.69 Å². The summed E-state index contributed by atoms with van der Waals surface area (Å²) in [6, 6.07) is 24.6. The van der Waals surface area contributed by atoms with Gasteiger partial charge in [-0.25, -0.2) is 4.90 Å². The lowest BCUT2D eigenvalue weighted by atomic mass is 9.46. The molecule has 1 fully saturated rings. The Kier molecular flexibility index (Phi) is 3.48. The summed E-state index contributed by atoms with van der Waals surface area (Å²) in [6.45, 7) is 4.12. The highest BCUT2D eigenvalue weighted by Crippen LogP contribution is 2.65. The molecule has 1 aliphatic heterocycles. The molecule has 30 heavy (non-hydrogen) atoms. The molecule has 1 saturated heterocycles. The minimum atomic E-state index is -0.462. The van der Waals surface area contributed by atoms with Gasteiger partial charge in [-0.1, -0.05) is 73.7 Å². The van der Waals surface area contributed by atoms with Gasteiger partial charge in [0.05, 0.1) is 17.5 Å². The van der Waals surface area contributed by atoms with E-state index in [1.165, 1.54) is 27.2 Å². The van der Waals surface area contributed by atoms with E-state index in [0.717, 1.165) is 17.7 Å². The fourth-order valence-electron chi connectivity index (χ4n) is 6.58. The van der Waals surface area contributed by atoms with Crippen LogP contribution in [0, 0.1) is 18.8 Å². The van der Waals surface area contributed by atoms with Gasteiger partial charge in [0.15, 0.2) is 0 Å². The van der Waals surface area contributed by atoms with Crippen LogP contribution < -0.4 is 4.90 Å². The zero-order valence-corrected chi connectivity index (χ0v) is 17.1. The van der Waals surface area contributed by atoms with Gasteiger partial charge in [0.1, 0.15) is 0 Å². The Labute approximate surface area is 176 Å². The highest BCUT2D eigenvalue weighted by atomic mass is 16.2. The van der Waals surface area contributed by atoms with Gasteiger partial charge in [0.25, 0.3) is 0 Å². The van der Waals surface area contributed by atoms with Crippen molar-refractivity contribution in [3.8, 4) is 0 Å². The number of para-hydroxylation sites is 1. The molecule has 3 aliphatic carbocycles. The first-order valence-corrected chi connectivity index (χ1v) is 10.7. The quantitative estimate of drug-likeness (QED) is 0.578. The number of hydrogen-bond acceptors (Lipinski definition) is 2. The third kappa shape index (κ3) is 1.86. The summed E-state index contributed by atoms with van der Waals surface area (Å²) in [6.07, 6.45) is 0.787. The minimum Gasteiger partial charge on any atom is -0.274 e. The van der Waals surface area contributed by atoms with E-state index in [4.69, 9.17) is 0 Å². The fourth-order valence-corrected chi connectivity index (χ4v) is 6.58. The molecule has 2 atom stereocenters. The number of imide groups is 1. The average Bonchev–Trinajstić information content (AvgIpc) is 3.05. The van der Waals surface area contributed by atoms with Gasteiger partial charge in [-0.05, 0) is 47.2 Å². The van der Waals surface area contributed by atoms with Gasteiger partial charge in [-0.15, -0.1) is 0 Å². The van der Waals surface area contributed by atoms with Crippen molar-refractivity contribution >= 4 is 17.5 Å². The van der Waals surface area contributed by atoms with E-state index in [2.05, 4.69) is 55.5 Å². The molecule has 0 spiro atoms. The lowest BCUT2D eigenvalue weighted by Crippen LogP contribution is -2.53. The third-order valence-electron chi connectivity index (χ3n) is 7.71. The van der Waals surface area contributed by atoms with Crippen LogP contribution in [0.2, 0.25) is 0 Å². The van der Waals surface area contributed by atoms with E-state index in [1.807, 2.05) is 31.2 Å². The summed E-state index contributed by atoms with van der Waals surface area (Å²) in [4.78, 5) is 29.3. The molecule has 0 aromatic heterocycles. The Morgan fingerprint density at radius 3 is 1.97 bits per heavy atom. The van der Waals surface area contributed by atoms with Gasteiger partial charge in [-0.2, -0.15) is 0 Å². The maximum absolute atomic E-state index is 14.0. The number of carbonyl (C=O) groups excluding carboxylic acids is 2. The topological polar surface area (TPSA) is 37.4 Å². The second kappa shape index (κ2) is 5.91. The highest BCUT2D eigenvalue weighted by molar-refractivity contribution is 6.24. The number of aryl methyl sites for hydroxylation is 1. The molecular formula is C27H23NO2. The monoisotopic (exact) mass is 393 g/mol. The molecule has 7 rings (SSSR count). The second-order valence-electron chi connectivity index (χ2n) is 8.78. The molecule has 4 aliphatic rings. The van der Waals surface area contributed by atoms with Crippen molar-refractivity contribution < 1.29 is 9.59 Å². The summed E-state index contributed by atoms with van der Waals surface area (Å²) in [5.74, 6) is -0.867. The largest absolute Gasteiger partial charge is 0.274 e. The zero-order valence-electron chi connectivity index (χ0n) is 17.1. The van der Waals surface area contributed by atoms with Crippen LogP contribution in [-0.2, 0) is 15.0 Å². The number of anilines is 1. The van der Waals surface area contributed by atoms with Crippen LogP contribution in [0.5, 0.6) is 0 Å². The van der Waals surface area contributed by atoms with Gasteiger partial charge in [0.2, 0.25) is 11.8 Å². The Morgan fingerprint density at radius 1 is 0.800 bits per heavy atom. The summed E-state index contributed by atoms with van der Waals surface area (Å²) in [5, 5.41) is 0. The zero-order chi connectivity index (χ0) is 20.6. The minimum absolute atomic E-state index is 0.0462. The Morgan fingerprint density at radius 2 is 1.37 bits per heavy atom. The first-order chi connectivity index (χ1) is 14.6. The van der Waals surface area contributed by atoms with Crippen LogP contribution in [0.1, 0.15) is 47.1 Å². The number of hydrogen-bond donors (Lipinski definition) is 0. The number of carbonyl (C=O) groups is 2. The number of rotatable bonds is 2. The van der Waals surface area contributed by atoms with Gasteiger partial charge in [0, 0.05) is 11.3 Å². The summed E-state index contributed by atoms with van der Waals surface area (Å²) < 4.78 is 0. The molecule has 3 aromatic rings. The molecule has 0 unspecified atom stereocenters. The van der Waals surface area contributed by atoms with Crippen LogP contribution in [0.3, 0.4) is 0 Å². The van der Waals surface area contributed by atoms with Crippen molar-refractivity contribution in [2.24, 2.45) is 11.8 Å². The standard InChI is InChI=1S/C27H23NO2/c1-3-27-19-13-7-5-11-17(19)22(18-12-6-8-14-20(18)27)23-24(27)26(30)28(25(23)29)21-15-9-4-10-16(21)2/h4-15,22-24H,3H2,1-2H3/t22?,23-,24-,27?/m1/s1. The van der Waals surface area contributed by atoms with Crippen molar-refractivity contribution in [1.82, 2.24) is 0 Å². The molecular weight excluding hydrogens is 370 g/mol. The number of benzene rings is 3. The second-order valence-corrected chi connectivity index (χ2v) is 8.78. The molecule has 148 valence electrons. The van der Waals surface area contributed by atoms with E-state index >= 15 is 0 Å². The fraction of sp³-hybridized carbons (Fsp3) is 0.259. The van der Waals surface area contributed by atoms with Crippen LogP contribution in [-0.4, -0.2) is 11.8 Å². The smallest absolute Gasteiger partial charge is 0.238 e. The van der Waals surface area contributed by atoms with Crippen LogP contribution in [0.15, 0.2) is 72.8 Å². The van der Waals surface area contributed by atoms with E-state index in [1.54, 1.807) is 0 Å². The van der Waals surface area contributed by atoms with Crippen LogP contribution >= 0.6 is 0 Å². The van der Waals surface area contributed by atoms with Gasteiger partial charge >= 0.3 is 0 Å². The van der Waals surface area contributed by atoms with Crippen molar-refractivity contribution in [2.75, 3.05) is 4.90 Å². The SMILES string of the molecule is CCC12c3ccccc3C(c3ccccc31)[C@H]1C(=O)N(c3ccccc3C)C(=O)[C@@H]12. The molecule has 0 saturated carbocycles. The maximum Gasteiger partial charge on any atom is 0.238 e. The molecule has 3 nitrogen and oxygen atoms in total. The predicted octanol–water partition coefficient (Wildman–Crippen LogP) is 4.96. The van der Waals surface area contributed by atoms with E-state index in [9.17, 15) is 9.59 Å². The molecule has 3 aromatic carbocycles. The Balaban J connectivity index is 1.66. The summed E-state index contributed by atoms with van der Waals surface area (Å²) >= 11 is 0. The maximum atomic E-state index is 14.0. The lowest BCUT2D eigenvalue weighted by Gasteiger charge is -2.54. The van der Waals surface area contributed by atoms with Crippen molar-refractivity contribution in [2.45, 2.75) is 31.6 Å². The first kappa shape index (κ1) is 17.6.